The number of nitrogens with one attached hydrogen (secondary N) is 1. The van der Waals surface area contributed by atoms with Crippen LogP contribution >= 0.6 is 27.5 Å². The van der Waals surface area contributed by atoms with Gasteiger partial charge in [0.1, 0.15) is 5.82 Å². The second kappa shape index (κ2) is 5.70. The monoisotopic (exact) mass is 353 g/mol. The summed E-state index contributed by atoms with van der Waals surface area (Å²) in [4.78, 5) is 9.18. The van der Waals surface area contributed by atoms with Gasteiger partial charge in [0.15, 0.2) is 5.82 Å². The largest absolute Gasteiger partial charge is 0.373 e. The molecule has 2 aromatic rings. The Balaban J connectivity index is 2.58. The quantitative estimate of drug-likeness (QED) is 0.833. The summed E-state index contributed by atoms with van der Waals surface area (Å²) in [6.45, 7) is 6.40. The first kappa shape index (κ1) is 15.3. The van der Waals surface area contributed by atoms with Gasteiger partial charge in [0.25, 0.3) is 0 Å². The maximum Gasteiger partial charge on any atom is 0.161 e. The molecule has 1 aromatic carbocycles. The molecule has 0 saturated heterocycles. The molecule has 0 spiro atoms. The van der Waals surface area contributed by atoms with Gasteiger partial charge in [-0.25, -0.2) is 9.97 Å². The Morgan fingerprint density at radius 3 is 2.40 bits per heavy atom. The first-order chi connectivity index (χ1) is 9.31. The number of hydrogen-bond donors (Lipinski definition) is 1. The number of hydrogen-bond acceptors (Lipinski definition) is 3. The minimum Gasteiger partial charge on any atom is -0.373 e. The molecule has 20 heavy (non-hydrogen) atoms. The Labute approximate surface area is 132 Å². The zero-order valence-corrected chi connectivity index (χ0v) is 14.3. The van der Waals surface area contributed by atoms with E-state index in [1.807, 2.05) is 31.3 Å². The summed E-state index contributed by atoms with van der Waals surface area (Å²) in [5.41, 5.74) is 1.86. The third-order valence-corrected chi connectivity index (χ3v) is 4.16. The number of halogens is 2. The standard InChI is InChI=1S/C15H17BrClN3/c1-15(2,3)12-8-13(18-4)20-14(19-12)9-5-6-10(16)11(17)7-9/h5-8H,1-4H3,(H,18,19,20). The van der Waals surface area contributed by atoms with Crippen molar-refractivity contribution in [2.45, 2.75) is 26.2 Å². The van der Waals surface area contributed by atoms with Crippen molar-refractivity contribution in [2.75, 3.05) is 12.4 Å². The maximum atomic E-state index is 6.15. The Hall–Kier alpha value is -1.13. The van der Waals surface area contributed by atoms with Gasteiger partial charge < -0.3 is 5.32 Å². The molecule has 3 nitrogen and oxygen atoms in total. The Bertz CT molecular complexity index is 636. The normalized spacial score (nSPS) is 11.5. The minimum atomic E-state index is -0.0392. The highest BCUT2D eigenvalue weighted by Crippen LogP contribution is 2.29. The van der Waals surface area contributed by atoms with Crippen LogP contribution in [0.3, 0.4) is 0 Å². The second-order valence-electron chi connectivity index (χ2n) is 5.59. The number of anilines is 1. The average molecular weight is 355 g/mol. The van der Waals surface area contributed by atoms with E-state index in [1.165, 1.54) is 0 Å². The van der Waals surface area contributed by atoms with Crippen molar-refractivity contribution in [1.29, 1.82) is 0 Å². The molecule has 5 heteroatoms. The van der Waals surface area contributed by atoms with Gasteiger partial charge in [0.05, 0.1) is 10.7 Å². The van der Waals surface area contributed by atoms with Crippen LogP contribution in [0, 0.1) is 0 Å². The fourth-order valence-electron chi connectivity index (χ4n) is 1.72. The van der Waals surface area contributed by atoms with E-state index in [-0.39, 0.29) is 5.41 Å². The summed E-state index contributed by atoms with van der Waals surface area (Å²) in [7, 11) is 1.85. The van der Waals surface area contributed by atoms with Crippen LogP contribution in [0.25, 0.3) is 11.4 Å². The van der Waals surface area contributed by atoms with Gasteiger partial charge in [0, 0.05) is 28.6 Å². The van der Waals surface area contributed by atoms with Crippen LogP contribution in [0.2, 0.25) is 5.02 Å². The predicted octanol–water partition coefficient (Wildman–Crippen LogP) is 4.90. The zero-order valence-electron chi connectivity index (χ0n) is 12.0. The van der Waals surface area contributed by atoms with Crippen LogP contribution in [0.4, 0.5) is 5.82 Å². The highest BCUT2D eigenvalue weighted by atomic mass is 79.9. The summed E-state index contributed by atoms with van der Waals surface area (Å²) < 4.78 is 0.865. The summed E-state index contributed by atoms with van der Waals surface area (Å²) in [5.74, 6) is 1.48. The van der Waals surface area contributed by atoms with E-state index in [1.54, 1.807) is 0 Å². The predicted molar refractivity (Wildman–Crippen MR) is 88.4 cm³/mol. The fourth-order valence-corrected chi connectivity index (χ4v) is 2.15. The Morgan fingerprint density at radius 1 is 1.15 bits per heavy atom. The summed E-state index contributed by atoms with van der Waals surface area (Å²) >= 11 is 9.54. The molecular formula is C15H17BrClN3. The lowest BCUT2D eigenvalue weighted by Crippen LogP contribution is -2.15. The Kier molecular flexibility index (Phi) is 4.35. The molecule has 0 bridgehead atoms. The summed E-state index contributed by atoms with van der Waals surface area (Å²) in [6, 6.07) is 7.71. The maximum absolute atomic E-state index is 6.15. The van der Waals surface area contributed by atoms with Gasteiger partial charge in [-0.2, -0.15) is 0 Å². The van der Waals surface area contributed by atoms with Crippen molar-refractivity contribution in [1.82, 2.24) is 9.97 Å². The third-order valence-electron chi connectivity index (χ3n) is 2.93. The number of nitrogens with zero attached hydrogens (tertiary/aromatic N) is 2. The average Bonchev–Trinajstić information content (AvgIpc) is 2.40. The number of aromatic nitrogens is 2. The molecular weight excluding hydrogens is 338 g/mol. The highest BCUT2D eigenvalue weighted by Gasteiger charge is 2.18. The van der Waals surface area contributed by atoms with E-state index in [0.717, 1.165) is 21.5 Å². The first-order valence-electron chi connectivity index (χ1n) is 6.34. The Morgan fingerprint density at radius 2 is 1.85 bits per heavy atom. The van der Waals surface area contributed by atoms with Crippen molar-refractivity contribution >= 4 is 33.3 Å². The molecule has 1 N–H and O–H groups in total. The SMILES string of the molecule is CNc1cc(C(C)(C)C)nc(-c2ccc(Br)c(Cl)c2)n1. The van der Waals surface area contributed by atoms with Gasteiger partial charge in [-0.1, -0.05) is 32.4 Å². The van der Waals surface area contributed by atoms with Crippen molar-refractivity contribution < 1.29 is 0 Å². The van der Waals surface area contributed by atoms with E-state index in [4.69, 9.17) is 11.6 Å². The lowest BCUT2D eigenvalue weighted by Gasteiger charge is -2.19. The molecule has 0 unspecified atom stereocenters. The van der Waals surface area contributed by atoms with Gasteiger partial charge in [-0.15, -0.1) is 0 Å². The molecule has 0 saturated carbocycles. The molecule has 0 aliphatic heterocycles. The van der Waals surface area contributed by atoms with E-state index >= 15 is 0 Å². The van der Waals surface area contributed by atoms with Crippen LogP contribution in [-0.4, -0.2) is 17.0 Å². The smallest absolute Gasteiger partial charge is 0.161 e. The lowest BCUT2D eigenvalue weighted by atomic mass is 9.92. The van der Waals surface area contributed by atoms with Crippen molar-refractivity contribution in [3.8, 4) is 11.4 Å². The molecule has 2 rings (SSSR count). The molecule has 1 heterocycles. The number of benzene rings is 1. The minimum absolute atomic E-state index is 0.0392. The molecule has 0 atom stereocenters. The molecule has 106 valence electrons. The lowest BCUT2D eigenvalue weighted by molar-refractivity contribution is 0.568. The molecule has 0 aliphatic rings. The van der Waals surface area contributed by atoms with Crippen molar-refractivity contribution in [3.63, 3.8) is 0 Å². The second-order valence-corrected chi connectivity index (χ2v) is 6.85. The molecule has 0 amide bonds. The van der Waals surface area contributed by atoms with Crippen molar-refractivity contribution in [3.05, 3.63) is 39.5 Å². The van der Waals surface area contributed by atoms with Gasteiger partial charge >= 0.3 is 0 Å². The summed E-state index contributed by atoms with van der Waals surface area (Å²) in [5, 5.41) is 3.73. The third kappa shape index (κ3) is 3.30. The van der Waals surface area contributed by atoms with Crippen LogP contribution in [-0.2, 0) is 5.41 Å². The molecule has 0 fully saturated rings. The first-order valence-corrected chi connectivity index (χ1v) is 7.51. The molecule has 0 aliphatic carbocycles. The van der Waals surface area contributed by atoms with Crippen LogP contribution in [0.15, 0.2) is 28.7 Å². The fraction of sp³-hybridized carbons (Fsp3) is 0.333. The van der Waals surface area contributed by atoms with Crippen molar-refractivity contribution in [2.24, 2.45) is 0 Å². The van der Waals surface area contributed by atoms with Crippen LogP contribution in [0.5, 0.6) is 0 Å². The van der Waals surface area contributed by atoms with Gasteiger partial charge in [-0.05, 0) is 34.1 Å². The summed E-state index contributed by atoms with van der Waals surface area (Å²) in [6.07, 6.45) is 0. The van der Waals surface area contributed by atoms with Gasteiger partial charge in [-0.3, -0.25) is 0 Å². The van der Waals surface area contributed by atoms with Gasteiger partial charge in [0.2, 0.25) is 0 Å². The van der Waals surface area contributed by atoms with E-state index in [9.17, 15) is 0 Å². The highest BCUT2D eigenvalue weighted by molar-refractivity contribution is 9.10. The molecule has 0 radical (unpaired) electrons. The van der Waals surface area contributed by atoms with Crippen LogP contribution < -0.4 is 5.32 Å². The van der Waals surface area contributed by atoms with E-state index < -0.39 is 0 Å². The van der Waals surface area contributed by atoms with E-state index in [0.29, 0.717) is 10.8 Å². The number of rotatable bonds is 2. The zero-order chi connectivity index (χ0) is 14.9. The van der Waals surface area contributed by atoms with E-state index in [2.05, 4.69) is 52.0 Å². The topological polar surface area (TPSA) is 37.8 Å². The molecule has 1 aromatic heterocycles. The van der Waals surface area contributed by atoms with Crippen LogP contribution in [0.1, 0.15) is 26.5 Å².